The van der Waals surface area contributed by atoms with Gasteiger partial charge in [-0.2, -0.15) is 0 Å². The number of fused-ring (bicyclic) bond motifs is 1. The van der Waals surface area contributed by atoms with E-state index in [0.717, 1.165) is 20.8 Å². The van der Waals surface area contributed by atoms with Crippen molar-refractivity contribution in [1.82, 2.24) is 0 Å². The predicted octanol–water partition coefficient (Wildman–Crippen LogP) is 5.22. The van der Waals surface area contributed by atoms with Crippen molar-refractivity contribution < 1.29 is 9.53 Å². The third kappa shape index (κ3) is 3.62. The summed E-state index contributed by atoms with van der Waals surface area (Å²) in [6.45, 7) is 0. The normalized spacial score (nSPS) is 11.0. The van der Waals surface area contributed by atoms with Crippen LogP contribution in [0.1, 0.15) is 5.56 Å². The Morgan fingerprint density at radius 3 is 2.45 bits per heavy atom. The number of halogens is 1. The molecule has 3 aromatic rings. The molecule has 0 amide bonds. The van der Waals surface area contributed by atoms with Crippen LogP contribution in [0.3, 0.4) is 0 Å². The molecule has 2 nitrogen and oxygen atoms in total. The van der Waals surface area contributed by atoms with Crippen LogP contribution in [0.15, 0.2) is 77.3 Å². The predicted molar refractivity (Wildman–Crippen MR) is 92.8 cm³/mol. The molecule has 0 N–H and O–H groups in total. The van der Waals surface area contributed by atoms with Gasteiger partial charge in [0.2, 0.25) is 0 Å². The first kappa shape index (κ1) is 14.5. The molecule has 0 fully saturated rings. The van der Waals surface area contributed by atoms with Crippen molar-refractivity contribution in [2.45, 2.75) is 0 Å². The topological polar surface area (TPSA) is 26.3 Å². The largest absolute Gasteiger partial charge is 0.423 e. The second kappa shape index (κ2) is 6.58. The van der Waals surface area contributed by atoms with Crippen molar-refractivity contribution in [3.8, 4) is 5.75 Å². The van der Waals surface area contributed by atoms with Gasteiger partial charge in [0, 0.05) is 10.5 Å². The molecule has 3 aromatic carbocycles. The Balaban J connectivity index is 1.74. The monoisotopic (exact) mass is 352 g/mol. The lowest BCUT2D eigenvalue weighted by molar-refractivity contribution is -0.128. The van der Waals surface area contributed by atoms with Gasteiger partial charge in [0.15, 0.2) is 0 Å². The molecule has 0 unspecified atom stereocenters. The van der Waals surface area contributed by atoms with Crippen LogP contribution in [-0.4, -0.2) is 5.97 Å². The molecule has 0 aromatic heterocycles. The minimum Gasteiger partial charge on any atom is -0.423 e. The van der Waals surface area contributed by atoms with Gasteiger partial charge in [-0.1, -0.05) is 58.4 Å². The summed E-state index contributed by atoms with van der Waals surface area (Å²) in [4.78, 5) is 11.9. The van der Waals surface area contributed by atoms with Crippen molar-refractivity contribution >= 4 is 38.7 Å². The van der Waals surface area contributed by atoms with E-state index >= 15 is 0 Å². The molecule has 3 heteroatoms. The third-order valence-electron chi connectivity index (χ3n) is 3.20. The van der Waals surface area contributed by atoms with E-state index in [-0.39, 0.29) is 5.97 Å². The van der Waals surface area contributed by atoms with Crippen LogP contribution in [0.2, 0.25) is 0 Å². The highest BCUT2D eigenvalue weighted by Crippen LogP contribution is 2.24. The molecule has 108 valence electrons. The average Bonchev–Trinajstić information content (AvgIpc) is 2.54. The van der Waals surface area contributed by atoms with Gasteiger partial charge in [-0.25, -0.2) is 4.79 Å². The van der Waals surface area contributed by atoms with E-state index in [0.29, 0.717) is 5.75 Å². The molecule has 0 atom stereocenters. The average molecular weight is 353 g/mol. The van der Waals surface area contributed by atoms with Gasteiger partial charge in [0.1, 0.15) is 5.75 Å². The Morgan fingerprint density at radius 1 is 0.909 bits per heavy atom. The highest BCUT2D eigenvalue weighted by Gasteiger charge is 2.02. The van der Waals surface area contributed by atoms with Crippen molar-refractivity contribution in [3.63, 3.8) is 0 Å². The lowest BCUT2D eigenvalue weighted by Crippen LogP contribution is -2.03. The molecule has 0 saturated heterocycles. The molecule has 0 spiro atoms. The van der Waals surface area contributed by atoms with Crippen LogP contribution in [0.4, 0.5) is 0 Å². The minimum atomic E-state index is -0.389. The lowest BCUT2D eigenvalue weighted by Gasteiger charge is -2.04. The fourth-order valence-electron chi connectivity index (χ4n) is 2.14. The summed E-state index contributed by atoms with van der Waals surface area (Å²) in [5, 5.41) is 2.12. The van der Waals surface area contributed by atoms with E-state index < -0.39 is 0 Å². The molecule has 0 aliphatic carbocycles. The first-order chi connectivity index (χ1) is 10.7. The zero-order chi connectivity index (χ0) is 15.4. The van der Waals surface area contributed by atoms with Crippen LogP contribution in [0.25, 0.3) is 16.8 Å². The molecule has 0 heterocycles. The minimum absolute atomic E-state index is 0.389. The van der Waals surface area contributed by atoms with E-state index in [4.69, 9.17) is 4.74 Å². The van der Waals surface area contributed by atoms with Gasteiger partial charge >= 0.3 is 5.97 Å². The highest BCUT2D eigenvalue weighted by molar-refractivity contribution is 9.10. The first-order valence-corrected chi connectivity index (χ1v) is 7.64. The first-order valence-electron chi connectivity index (χ1n) is 6.85. The molecule has 0 radical (unpaired) electrons. The molecule has 0 aliphatic heterocycles. The van der Waals surface area contributed by atoms with Crippen LogP contribution < -0.4 is 4.74 Å². The van der Waals surface area contributed by atoms with Crippen LogP contribution in [-0.2, 0) is 4.79 Å². The maximum atomic E-state index is 11.9. The summed E-state index contributed by atoms with van der Waals surface area (Å²) in [6, 6.07) is 21.2. The van der Waals surface area contributed by atoms with E-state index in [1.807, 2.05) is 60.7 Å². The summed E-state index contributed by atoms with van der Waals surface area (Å²) in [6.07, 6.45) is 3.17. The van der Waals surface area contributed by atoms with Crippen molar-refractivity contribution in [2.24, 2.45) is 0 Å². The van der Waals surface area contributed by atoms with Crippen LogP contribution in [0.5, 0.6) is 5.75 Å². The van der Waals surface area contributed by atoms with Crippen molar-refractivity contribution in [3.05, 3.63) is 82.8 Å². The summed E-state index contributed by atoms with van der Waals surface area (Å²) < 4.78 is 6.36. The maximum Gasteiger partial charge on any atom is 0.336 e. The summed E-state index contributed by atoms with van der Waals surface area (Å²) in [7, 11) is 0. The van der Waals surface area contributed by atoms with E-state index in [1.54, 1.807) is 12.1 Å². The van der Waals surface area contributed by atoms with E-state index in [2.05, 4.69) is 15.9 Å². The van der Waals surface area contributed by atoms with Gasteiger partial charge in [-0.05, 0) is 46.7 Å². The Kier molecular flexibility index (Phi) is 4.35. The van der Waals surface area contributed by atoms with Crippen LogP contribution in [0, 0.1) is 0 Å². The molecule has 0 saturated carbocycles. The number of esters is 1. The summed E-state index contributed by atoms with van der Waals surface area (Å²) >= 11 is 3.44. The zero-order valence-electron chi connectivity index (χ0n) is 11.7. The van der Waals surface area contributed by atoms with Gasteiger partial charge < -0.3 is 4.74 Å². The molecule has 0 aliphatic rings. The summed E-state index contributed by atoms with van der Waals surface area (Å²) in [5.74, 6) is 0.151. The smallest absolute Gasteiger partial charge is 0.336 e. The summed E-state index contributed by atoms with van der Waals surface area (Å²) in [5.41, 5.74) is 0.961. The fourth-order valence-corrected chi connectivity index (χ4v) is 2.52. The third-order valence-corrected chi connectivity index (χ3v) is 3.70. The number of hydrogen-bond acceptors (Lipinski definition) is 2. The molecular weight excluding hydrogens is 340 g/mol. The number of rotatable bonds is 3. The van der Waals surface area contributed by atoms with Gasteiger partial charge in [-0.15, -0.1) is 0 Å². The number of carbonyl (C=O) groups is 1. The lowest BCUT2D eigenvalue weighted by atomic mass is 10.1. The van der Waals surface area contributed by atoms with Crippen molar-refractivity contribution in [1.29, 1.82) is 0 Å². The number of ether oxygens (including phenoxy) is 1. The number of carbonyl (C=O) groups excluding carboxylic acids is 1. The van der Waals surface area contributed by atoms with Crippen LogP contribution >= 0.6 is 15.9 Å². The Bertz CT molecular complexity index is 838. The molecular formula is C19H13BrO2. The van der Waals surface area contributed by atoms with Gasteiger partial charge in [0.05, 0.1) is 0 Å². The van der Waals surface area contributed by atoms with E-state index in [1.165, 1.54) is 6.08 Å². The Labute approximate surface area is 137 Å². The number of benzene rings is 3. The van der Waals surface area contributed by atoms with Crippen molar-refractivity contribution in [2.75, 3.05) is 0 Å². The second-order valence-electron chi connectivity index (χ2n) is 4.82. The van der Waals surface area contributed by atoms with E-state index in [9.17, 15) is 4.79 Å². The quantitative estimate of drug-likeness (QED) is 0.367. The SMILES string of the molecule is O=C(/C=C/c1ccccc1)Oc1ccc2cc(Br)ccc2c1. The zero-order valence-corrected chi connectivity index (χ0v) is 13.3. The maximum absolute atomic E-state index is 11.9. The van der Waals surface area contributed by atoms with Gasteiger partial charge in [-0.3, -0.25) is 0 Å². The Hall–Kier alpha value is -2.39. The Morgan fingerprint density at radius 2 is 1.64 bits per heavy atom. The molecule has 0 bridgehead atoms. The fraction of sp³-hybridized carbons (Fsp3) is 0. The molecule has 3 rings (SSSR count). The second-order valence-corrected chi connectivity index (χ2v) is 5.73. The molecule has 22 heavy (non-hydrogen) atoms. The van der Waals surface area contributed by atoms with Gasteiger partial charge in [0.25, 0.3) is 0 Å². The number of hydrogen-bond donors (Lipinski definition) is 0. The highest BCUT2D eigenvalue weighted by atomic mass is 79.9. The standard InChI is InChI=1S/C19H13BrO2/c20-17-9-7-16-13-18(10-8-15(16)12-17)22-19(21)11-6-14-4-2-1-3-5-14/h1-13H/b11-6+.